The molecule has 0 saturated carbocycles. The largest absolute Gasteiger partial charge is 0.497 e. The van der Waals surface area contributed by atoms with Crippen molar-refractivity contribution in [3.8, 4) is 11.8 Å². The Morgan fingerprint density at radius 3 is 2.31 bits per heavy atom. The maximum Gasteiger partial charge on any atom is 0.263 e. The summed E-state index contributed by atoms with van der Waals surface area (Å²) in [7, 11) is -2.43. The van der Waals surface area contributed by atoms with E-state index in [9.17, 15) is 13.7 Å². The molecule has 39 heavy (non-hydrogen) atoms. The molecule has 8 nitrogen and oxygen atoms in total. The van der Waals surface area contributed by atoms with Crippen LogP contribution in [0.1, 0.15) is 11.1 Å². The Morgan fingerprint density at radius 2 is 1.59 bits per heavy atom. The van der Waals surface area contributed by atoms with Crippen molar-refractivity contribution in [2.75, 3.05) is 11.8 Å². The van der Waals surface area contributed by atoms with Crippen LogP contribution in [-0.2, 0) is 23.0 Å². The Kier molecular flexibility index (Phi) is 6.09. The molecular formula is C30H23N5O3S. The second-order valence-electron chi connectivity index (χ2n) is 9.08. The lowest BCUT2D eigenvalue weighted by Gasteiger charge is -2.14. The molecule has 192 valence electrons. The third-order valence-electron chi connectivity index (χ3n) is 6.71. The molecule has 2 aromatic heterocycles. The molecule has 0 aliphatic heterocycles. The minimum Gasteiger partial charge on any atom is -0.497 e. The maximum absolute atomic E-state index is 13.6. The summed E-state index contributed by atoms with van der Waals surface area (Å²) in [5, 5.41) is 11.9. The topological polar surface area (TPSA) is 110 Å². The van der Waals surface area contributed by atoms with Crippen LogP contribution >= 0.6 is 0 Å². The number of nitrogens with zero attached hydrogens (tertiary/aromatic N) is 4. The van der Waals surface area contributed by atoms with E-state index >= 15 is 0 Å². The van der Waals surface area contributed by atoms with Gasteiger partial charge in [0.2, 0.25) is 0 Å². The van der Waals surface area contributed by atoms with Crippen molar-refractivity contribution in [2.45, 2.75) is 17.9 Å². The highest BCUT2D eigenvalue weighted by molar-refractivity contribution is 7.92. The van der Waals surface area contributed by atoms with Crippen LogP contribution in [0.25, 0.3) is 33.0 Å². The second kappa shape index (κ2) is 9.74. The molecule has 0 fully saturated rings. The fourth-order valence-corrected chi connectivity index (χ4v) is 5.80. The van der Waals surface area contributed by atoms with Crippen LogP contribution in [0.3, 0.4) is 0 Å². The average Bonchev–Trinajstić information content (AvgIpc) is 3.24. The van der Waals surface area contributed by atoms with Gasteiger partial charge in [0.15, 0.2) is 5.65 Å². The van der Waals surface area contributed by atoms with E-state index in [1.165, 1.54) is 0 Å². The molecule has 0 aliphatic rings. The van der Waals surface area contributed by atoms with Gasteiger partial charge in [0.1, 0.15) is 28.7 Å². The number of anilines is 1. The van der Waals surface area contributed by atoms with Gasteiger partial charge in [0.05, 0.1) is 23.0 Å². The number of methoxy groups -OCH3 is 1. The quantitative estimate of drug-likeness (QED) is 0.284. The van der Waals surface area contributed by atoms with Crippen molar-refractivity contribution in [3.63, 3.8) is 0 Å². The molecule has 6 rings (SSSR count). The fraction of sp³-hybridized carbons (Fsp3) is 0.100. The monoisotopic (exact) mass is 533 g/mol. The molecule has 0 amide bonds. The van der Waals surface area contributed by atoms with Crippen molar-refractivity contribution >= 4 is 48.8 Å². The molecule has 1 N–H and O–H groups in total. The third kappa shape index (κ3) is 4.51. The summed E-state index contributed by atoms with van der Waals surface area (Å²) < 4.78 is 37.0. The van der Waals surface area contributed by atoms with Crippen LogP contribution in [0.5, 0.6) is 5.75 Å². The summed E-state index contributed by atoms with van der Waals surface area (Å²) in [5.41, 5.74) is 3.21. The van der Waals surface area contributed by atoms with Crippen molar-refractivity contribution in [2.24, 2.45) is 0 Å². The average molecular weight is 534 g/mol. The SMILES string of the molecule is COc1ccc(CCn2c(NS(=O)(=O)c3ccc4ccccc4c3)c(C#N)c3nc4ccccc4nc32)cc1. The van der Waals surface area contributed by atoms with Gasteiger partial charge in [-0.2, -0.15) is 5.26 Å². The van der Waals surface area contributed by atoms with Crippen LogP contribution in [0.2, 0.25) is 0 Å². The molecule has 4 aromatic carbocycles. The lowest BCUT2D eigenvalue weighted by Crippen LogP contribution is -2.17. The molecule has 0 atom stereocenters. The lowest BCUT2D eigenvalue weighted by molar-refractivity contribution is 0.414. The molecule has 0 aliphatic carbocycles. The third-order valence-corrected chi connectivity index (χ3v) is 8.05. The van der Waals surface area contributed by atoms with Gasteiger partial charge >= 0.3 is 0 Å². The predicted octanol–water partition coefficient (Wildman–Crippen LogP) is 5.66. The van der Waals surface area contributed by atoms with E-state index in [0.717, 1.165) is 22.1 Å². The summed E-state index contributed by atoms with van der Waals surface area (Å²) in [5.74, 6) is 0.891. The molecular weight excluding hydrogens is 510 g/mol. The number of benzene rings is 4. The van der Waals surface area contributed by atoms with Crippen LogP contribution in [0.4, 0.5) is 5.82 Å². The summed E-state index contributed by atoms with van der Waals surface area (Å²) in [6, 6.07) is 29.7. The van der Waals surface area contributed by atoms with Gasteiger partial charge in [0.25, 0.3) is 10.0 Å². The zero-order chi connectivity index (χ0) is 27.0. The van der Waals surface area contributed by atoms with Gasteiger partial charge in [-0.05, 0) is 59.2 Å². The summed E-state index contributed by atoms with van der Waals surface area (Å²) in [6.07, 6.45) is 0.567. The van der Waals surface area contributed by atoms with Crippen molar-refractivity contribution in [3.05, 3.63) is 102 Å². The molecule has 0 saturated heterocycles. The smallest absolute Gasteiger partial charge is 0.263 e. The Bertz CT molecular complexity index is 2010. The van der Waals surface area contributed by atoms with Gasteiger partial charge in [-0.3, -0.25) is 4.72 Å². The first-order valence-electron chi connectivity index (χ1n) is 12.3. The van der Waals surface area contributed by atoms with E-state index in [0.29, 0.717) is 35.2 Å². The molecule has 9 heteroatoms. The van der Waals surface area contributed by atoms with E-state index in [1.807, 2.05) is 72.8 Å². The highest BCUT2D eigenvalue weighted by Crippen LogP contribution is 2.32. The maximum atomic E-state index is 13.6. The number of aromatic nitrogens is 3. The lowest BCUT2D eigenvalue weighted by atomic mass is 10.1. The summed E-state index contributed by atoms with van der Waals surface area (Å²) >= 11 is 0. The van der Waals surface area contributed by atoms with Gasteiger partial charge in [0, 0.05) is 6.54 Å². The zero-order valence-electron chi connectivity index (χ0n) is 21.0. The van der Waals surface area contributed by atoms with Gasteiger partial charge < -0.3 is 9.30 Å². The molecule has 2 heterocycles. The van der Waals surface area contributed by atoms with E-state index < -0.39 is 10.0 Å². The fourth-order valence-electron chi connectivity index (χ4n) is 4.68. The minimum atomic E-state index is -4.04. The Balaban J connectivity index is 1.48. The standard InChI is InChI=1S/C30H23N5O3S/c1-38-23-13-10-20(11-14-23)16-17-35-29(25(19-31)28-30(35)33-27-9-5-4-8-26(27)32-28)34-39(36,37)24-15-12-21-6-2-3-7-22(21)18-24/h2-15,18,34H,16-17H2,1H3. The highest BCUT2D eigenvalue weighted by atomic mass is 32.2. The first-order valence-corrected chi connectivity index (χ1v) is 13.8. The first kappa shape index (κ1) is 24.4. The van der Waals surface area contributed by atoms with Gasteiger partial charge in [-0.15, -0.1) is 0 Å². The van der Waals surface area contributed by atoms with Crippen LogP contribution in [0, 0.1) is 11.3 Å². The number of sulfonamides is 1. The van der Waals surface area contributed by atoms with Crippen LogP contribution in [0.15, 0.2) is 95.9 Å². The Morgan fingerprint density at radius 1 is 0.897 bits per heavy atom. The molecule has 0 radical (unpaired) electrons. The molecule has 6 aromatic rings. The Labute approximate surface area is 225 Å². The second-order valence-corrected chi connectivity index (χ2v) is 10.8. The number of nitrogens with one attached hydrogen (secondary N) is 1. The number of hydrogen-bond acceptors (Lipinski definition) is 6. The number of rotatable bonds is 7. The number of ether oxygens (including phenoxy) is 1. The molecule has 0 spiro atoms. The van der Waals surface area contributed by atoms with E-state index in [2.05, 4.69) is 10.8 Å². The van der Waals surface area contributed by atoms with Crippen molar-refractivity contribution in [1.29, 1.82) is 5.26 Å². The van der Waals surface area contributed by atoms with Crippen molar-refractivity contribution in [1.82, 2.24) is 14.5 Å². The minimum absolute atomic E-state index is 0.100. The predicted molar refractivity (Wildman–Crippen MR) is 151 cm³/mol. The summed E-state index contributed by atoms with van der Waals surface area (Å²) in [4.78, 5) is 9.58. The Hall–Kier alpha value is -4.94. The number of para-hydroxylation sites is 2. The number of fused-ring (bicyclic) bond motifs is 3. The normalized spacial score (nSPS) is 11.6. The van der Waals surface area contributed by atoms with Crippen LogP contribution in [-0.4, -0.2) is 30.1 Å². The molecule has 0 bridgehead atoms. The number of aryl methyl sites for hydroxylation is 2. The number of hydrogen-bond donors (Lipinski definition) is 1. The summed E-state index contributed by atoms with van der Waals surface area (Å²) in [6.45, 7) is 0.368. The number of nitriles is 1. The van der Waals surface area contributed by atoms with E-state index in [1.54, 1.807) is 29.9 Å². The first-order chi connectivity index (χ1) is 19.0. The zero-order valence-corrected chi connectivity index (χ0v) is 21.8. The van der Waals surface area contributed by atoms with Gasteiger partial charge in [-0.25, -0.2) is 18.4 Å². The van der Waals surface area contributed by atoms with Crippen LogP contribution < -0.4 is 9.46 Å². The van der Waals surface area contributed by atoms with E-state index in [-0.39, 0.29) is 16.3 Å². The highest BCUT2D eigenvalue weighted by Gasteiger charge is 2.25. The van der Waals surface area contributed by atoms with E-state index in [4.69, 9.17) is 14.7 Å². The molecule has 0 unspecified atom stereocenters. The van der Waals surface area contributed by atoms with Gasteiger partial charge in [-0.1, -0.05) is 54.6 Å². The van der Waals surface area contributed by atoms with Crippen molar-refractivity contribution < 1.29 is 13.2 Å².